The molecule has 10 heteroatoms. The third-order valence-electron chi connectivity index (χ3n) is 3.25. The first kappa shape index (κ1) is 17.8. The molecule has 0 aliphatic heterocycles. The number of benzene rings is 1. The summed E-state index contributed by atoms with van der Waals surface area (Å²) in [7, 11) is 3.08. The van der Waals surface area contributed by atoms with Crippen molar-refractivity contribution in [1.29, 1.82) is 0 Å². The van der Waals surface area contributed by atoms with Gasteiger partial charge in [-0.15, -0.1) is 10.2 Å². The van der Waals surface area contributed by atoms with Gasteiger partial charge in [0.15, 0.2) is 17.2 Å². The highest BCUT2D eigenvalue weighted by Crippen LogP contribution is 2.30. The Balaban J connectivity index is 1.57. The Morgan fingerprint density at radius 1 is 1.19 bits per heavy atom. The molecule has 0 radical (unpaired) electrons. The Hall–Kier alpha value is -3.01. The molecule has 1 aromatic carbocycles. The second-order valence-corrected chi connectivity index (χ2v) is 6.03. The predicted octanol–water partition coefficient (Wildman–Crippen LogP) is 2.78. The maximum absolute atomic E-state index is 12.1. The Labute approximate surface area is 153 Å². The number of ether oxygens (including phenoxy) is 2. The summed E-state index contributed by atoms with van der Waals surface area (Å²) < 4.78 is 20.8. The number of carbonyl (C=O) groups is 1. The number of amides is 1. The van der Waals surface area contributed by atoms with Crippen LogP contribution >= 0.6 is 11.8 Å². The minimum atomic E-state index is -0.223. The SMILES string of the molecule is COc1ccc(NC(=O)CSc2nnc(-c3cc(C)on3)o2)cc1OC. The summed E-state index contributed by atoms with van der Waals surface area (Å²) in [6.07, 6.45) is 0. The van der Waals surface area contributed by atoms with Crippen molar-refractivity contribution in [2.75, 3.05) is 25.3 Å². The largest absolute Gasteiger partial charge is 0.493 e. The lowest BCUT2D eigenvalue weighted by atomic mass is 10.2. The number of nitrogens with zero attached hydrogens (tertiary/aromatic N) is 3. The van der Waals surface area contributed by atoms with Crippen LogP contribution in [0, 0.1) is 6.92 Å². The quantitative estimate of drug-likeness (QED) is 0.622. The molecule has 2 aromatic heterocycles. The molecule has 1 amide bonds. The lowest BCUT2D eigenvalue weighted by Crippen LogP contribution is -2.14. The van der Waals surface area contributed by atoms with Crippen LogP contribution in [0.3, 0.4) is 0 Å². The number of hydrogen-bond donors (Lipinski definition) is 1. The highest BCUT2D eigenvalue weighted by molar-refractivity contribution is 7.99. The van der Waals surface area contributed by atoms with E-state index in [0.717, 1.165) is 11.8 Å². The topological polar surface area (TPSA) is 113 Å². The number of nitrogens with one attached hydrogen (secondary N) is 1. The number of aromatic nitrogens is 3. The molecule has 0 unspecified atom stereocenters. The van der Waals surface area contributed by atoms with E-state index in [2.05, 4.69) is 20.7 Å². The van der Waals surface area contributed by atoms with E-state index >= 15 is 0 Å². The molecule has 0 spiro atoms. The van der Waals surface area contributed by atoms with E-state index in [1.54, 1.807) is 38.3 Å². The van der Waals surface area contributed by atoms with E-state index in [4.69, 9.17) is 18.4 Å². The van der Waals surface area contributed by atoms with Gasteiger partial charge in [0.1, 0.15) is 5.76 Å². The fourth-order valence-corrected chi connectivity index (χ4v) is 2.64. The molecule has 0 atom stereocenters. The van der Waals surface area contributed by atoms with Crippen LogP contribution in [0.25, 0.3) is 11.6 Å². The maximum Gasteiger partial charge on any atom is 0.277 e. The number of thioether (sulfide) groups is 1. The van der Waals surface area contributed by atoms with E-state index < -0.39 is 0 Å². The van der Waals surface area contributed by atoms with Gasteiger partial charge in [0, 0.05) is 17.8 Å². The number of carbonyl (C=O) groups excluding carboxylic acids is 1. The highest BCUT2D eigenvalue weighted by Gasteiger charge is 2.14. The lowest BCUT2D eigenvalue weighted by molar-refractivity contribution is -0.113. The van der Waals surface area contributed by atoms with Crippen LogP contribution in [-0.4, -0.2) is 41.2 Å². The molecule has 0 saturated heterocycles. The predicted molar refractivity (Wildman–Crippen MR) is 93.4 cm³/mol. The number of anilines is 1. The number of aryl methyl sites for hydroxylation is 1. The Morgan fingerprint density at radius 3 is 2.69 bits per heavy atom. The van der Waals surface area contributed by atoms with Gasteiger partial charge in [0.2, 0.25) is 5.91 Å². The fourth-order valence-electron chi connectivity index (χ4n) is 2.08. The van der Waals surface area contributed by atoms with Crippen molar-refractivity contribution in [2.45, 2.75) is 12.1 Å². The molecule has 3 rings (SSSR count). The van der Waals surface area contributed by atoms with Gasteiger partial charge in [-0.1, -0.05) is 16.9 Å². The van der Waals surface area contributed by atoms with Crippen LogP contribution in [0.2, 0.25) is 0 Å². The zero-order valence-corrected chi connectivity index (χ0v) is 15.1. The number of hydrogen-bond acceptors (Lipinski definition) is 9. The molecule has 0 saturated carbocycles. The first-order valence-corrected chi connectivity index (χ1v) is 8.49. The number of methoxy groups -OCH3 is 2. The van der Waals surface area contributed by atoms with Crippen molar-refractivity contribution in [1.82, 2.24) is 15.4 Å². The summed E-state index contributed by atoms with van der Waals surface area (Å²) in [5, 5.41) is 14.6. The lowest BCUT2D eigenvalue weighted by Gasteiger charge is -2.10. The van der Waals surface area contributed by atoms with Crippen LogP contribution in [0.5, 0.6) is 11.5 Å². The smallest absolute Gasteiger partial charge is 0.277 e. The van der Waals surface area contributed by atoms with Crippen LogP contribution < -0.4 is 14.8 Å². The van der Waals surface area contributed by atoms with Gasteiger partial charge < -0.3 is 23.7 Å². The summed E-state index contributed by atoms with van der Waals surface area (Å²) in [6, 6.07) is 6.80. The first-order valence-electron chi connectivity index (χ1n) is 7.51. The monoisotopic (exact) mass is 376 g/mol. The first-order chi connectivity index (χ1) is 12.6. The van der Waals surface area contributed by atoms with Crippen molar-refractivity contribution in [2.24, 2.45) is 0 Å². The van der Waals surface area contributed by atoms with E-state index in [1.165, 1.54) is 7.11 Å². The molecule has 3 aromatic rings. The Kier molecular flexibility index (Phi) is 5.42. The molecule has 2 heterocycles. The van der Waals surface area contributed by atoms with E-state index in [1.807, 2.05) is 0 Å². The molecule has 0 fully saturated rings. The minimum Gasteiger partial charge on any atom is -0.493 e. The van der Waals surface area contributed by atoms with Crippen molar-refractivity contribution in [3.8, 4) is 23.1 Å². The van der Waals surface area contributed by atoms with Crippen LogP contribution in [-0.2, 0) is 4.79 Å². The molecule has 136 valence electrons. The minimum absolute atomic E-state index is 0.105. The second-order valence-electron chi connectivity index (χ2n) is 5.10. The molecule has 26 heavy (non-hydrogen) atoms. The summed E-state index contributed by atoms with van der Waals surface area (Å²) in [4.78, 5) is 12.1. The molecule has 0 aliphatic carbocycles. The number of rotatable bonds is 7. The van der Waals surface area contributed by atoms with Gasteiger partial charge >= 0.3 is 0 Å². The highest BCUT2D eigenvalue weighted by atomic mass is 32.2. The van der Waals surface area contributed by atoms with Crippen molar-refractivity contribution < 1.29 is 23.2 Å². The van der Waals surface area contributed by atoms with Gasteiger partial charge in [0.25, 0.3) is 11.1 Å². The van der Waals surface area contributed by atoms with E-state index in [9.17, 15) is 4.79 Å². The average molecular weight is 376 g/mol. The molecule has 0 aliphatic rings. The maximum atomic E-state index is 12.1. The third-order valence-corrected chi connectivity index (χ3v) is 4.07. The normalized spacial score (nSPS) is 10.6. The molecular formula is C16H16N4O5S. The zero-order chi connectivity index (χ0) is 18.5. The molecular weight excluding hydrogens is 360 g/mol. The molecule has 9 nitrogen and oxygen atoms in total. The Morgan fingerprint density at radius 2 is 2.00 bits per heavy atom. The van der Waals surface area contributed by atoms with Gasteiger partial charge in [-0.05, 0) is 19.1 Å². The molecule has 1 N–H and O–H groups in total. The molecule has 0 bridgehead atoms. The van der Waals surface area contributed by atoms with Gasteiger partial charge in [-0.2, -0.15) is 0 Å². The zero-order valence-electron chi connectivity index (χ0n) is 14.3. The van der Waals surface area contributed by atoms with Crippen molar-refractivity contribution in [3.05, 3.63) is 30.0 Å². The standard InChI is InChI=1S/C16H16N4O5S/c1-9-6-11(20-25-9)15-18-19-16(24-15)26-8-14(21)17-10-4-5-12(22-2)13(7-10)23-3/h4-7H,8H2,1-3H3,(H,17,21). The van der Waals surface area contributed by atoms with Gasteiger partial charge in [-0.25, -0.2) is 0 Å². The van der Waals surface area contributed by atoms with Crippen LogP contribution in [0.1, 0.15) is 5.76 Å². The fraction of sp³-hybridized carbons (Fsp3) is 0.250. The summed E-state index contributed by atoms with van der Waals surface area (Å²) >= 11 is 1.12. The van der Waals surface area contributed by atoms with Crippen molar-refractivity contribution >= 4 is 23.4 Å². The van der Waals surface area contributed by atoms with Gasteiger partial charge in [-0.3, -0.25) is 4.79 Å². The van der Waals surface area contributed by atoms with Crippen molar-refractivity contribution in [3.63, 3.8) is 0 Å². The Bertz CT molecular complexity index is 908. The van der Waals surface area contributed by atoms with E-state index in [0.29, 0.717) is 28.6 Å². The van der Waals surface area contributed by atoms with Crippen LogP contribution in [0.4, 0.5) is 5.69 Å². The third kappa shape index (κ3) is 4.14. The second kappa shape index (κ2) is 7.91. The van der Waals surface area contributed by atoms with Crippen LogP contribution in [0.15, 0.2) is 38.4 Å². The summed E-state index contributed by atoms with van der Waals surface area (Å²) in [6.45, 7) is 1.76. The summed E-state index contributed by atoms with van der Waals surface area (Å²) in [5.41, 5.74) is 1.05. The van der Waals surface area contributed by atoms with E-state index in [-0.39, 0.29) is 22.8 Å². The average Bonchev–Trinajstić information content (AvgIpc) is 3.28. The summed E-state index contributed by atoms with van der Waals surface area (Å²) in [5.74, 6) is 1.88. The van der Waals surface area contributed by atoms with Gasteiger partial charge in [0.05, 0.1) is 20.0 Å².